The van der Waals surface area contributed by atoms with Gasteiger partial charge in [-0.05, 0) is 46.1 Å². The van der Waals surface area contributed by atoms with Gasteiger partial charge in [0, 0.05) is 22.5 Å². The maximum Gasteiger partial charge on any atom is 0.252 e. The van der Waals surface area contributed by atoms with E-state index in [1.807, 2.05) is 0 Å². The van der Waals surface area contributed by atoms with Crippen molar-refractivity contribution in [1.82, 2.24) is 5.32 Å². The monoisotopic (exact) mass is 300 g/mol. The van der Waals surface area contributed by atoms with E-state index in [1.54, 1.807) is 0 Å². The summed E-state index contributed by atoms with van der Waals surface area (Å²) >= 11 is 3.17. The van der Waals surface area contributed by atoms with Gasteiger partial charge in [0.2, 0.25) is 0 Å². The van der Waals surface area contributed by atoms with Crippen molar-refractivity contribution in [2.75, 3.05) is 13.1 Å². The number of hydrogen-bond donors (Lipinski definition) is 1. The van der Waals surface area contributed by atoms with E-state index in [9.17, 15) is 9.18 Å². The zero-order valence-corrected chi connectivity index (χ0v) is 10.4. The first-order chi connectivity index (χ1) is 8.15. The predicted molar refractivity (Wildman–Crippen MR) is 65.1 cm³/mol. The van der Waals surface area contributed by atoms with Crippen LogP contribution in [0.15, 0.2) is 27.8 Å². The number of nitrogens with one attached hydrogen (secondary N) is 1. The smallest absolute Gasteiger partial charge is 0.252 e. The third-order valence-electron chi connectivity index (χ3n) is 1.96. The minimum atomic E-state index is -0.465. The Labute approximate surface area is 106 Å². The van der Waals surface area contributed by atoms with Gasteiger partial charge in [-0.25, -0.2) is 4.39 Å². The normalized spacial score (nSPS) is 9.53. The van der Waals surface area contributed by atoms with Crippen LogP contribution in [0.1, 0.15) is 16.8 Å². The second kappa shape index (κ2) is 6.88. The number of nitrogens with zero attached hydrogens (tertiary/aromatic N) is 3. The summed E-state index contributed by atoms with van der Waals surface area (Å²) < 4.78 is 13.5. The van der Waals surface area contributed by atoms with Gasteiger partial charge >= 0.3 is 0 Å². The Morgan fingerprint density at radius 2 is 2.35 bits per heavy atom. The molecule has 0 aliphatic rings. The molecule has 0 aromatic heterocycles. The number of halogens is 2. The zero-order valence-electron chi connectivity index (χ0n) is 8.86. The largest absolute Gasteiger partial charge is 0.352 e. The summed E-state index contributed by atoms with van der Waals surface area (Å²) in [4.78, 5) is 14.2. The van der Waals surface area contributed by atoms with Crippen LogP contribution < -0.4 is 5.32 Å². The number of carbonyl (C=O) groups is 1. The van der Waals surface area contributed by atoms with Crippen molar-refractivity contribution in [1.29, 1.82) is 0 Å². The van der Waals surface area contributed by atoms with E-state index in [4.69, 9.17) is 5.53 Å². The Morgan fingerprint density at radius 3 is 3.06 bits per heavy atom. The van der Waals surface area contributed by atoms with E-state index >= 15 is 0 Å². The van der Waals surface area contributed by atoms with Gasteiger partial charge in [0.05, 0.1) is 5.56 Å². The summed E-state index contributed by atoms with van der Waals surface area (Å²) in [6.07, 6.45) is 0.544. The minimum Gasteiger partial charge on any atom is -0.352 e. The number of azide groups is 1. The lowest BCUT2D eigenvalue weighted by atomic mass is 10.2. The number of carbonyl (C=O) groups excluding carboxylic acids is 1. The molecule has 0 atom stereocenters. The Hall–Kier alpha value is -1.59. The molecule has 7 heteroatoms. The van der Waals surface area contributed by atoms with Gasteiger partial charge in [-0.15, -0.1) is 0 Å². The lowest BCUT2D eigenvalue weighted by Gasteiger charge is -2.06. The van der Waals surface area contributed by atoms with Gasteiger partial charge in [-0.3, -0.25) is 4.79 Å². The Kier molecular flexibility index (Phi) is 5.45. The number of rotatable bonds is 5. The number of hydrogen-bond acceptors (Lipinski definition) is 2. The summed E-state index contributed by atoms with van der Waals surface area (Å²) in [7, 11) is 0. The highest BCUT2D eigenvalue weighted by atomic mass is 79.9. The standard InChI is InChI=1S/C10H10BrFN4O/c11-9-3-2-7(12)6-8(9)10(17)14-4-1-5-15-16-13/h2-3,6H,1,4-5H2,(H,14,17). The van der Waals surface area contributed by atoms with Crippen molar-refractivity contribution < 1.29 is 9.18 Å². The lowest BCUT2D eigenvalue weighted by molar-refractivity contribution is 0.0952. The van der Waals surface area contributed by atoms with Crippen molar-refractivity contribution in [3.05, 3.63) is 44.5 Å². The molecule has 0 radical (unpaired) electrons. The second-order valence-corrected chi connectivity index (χ2v) is 4.04. The van der Waals surface area contributed by atoms with Crippen molar-refractivity contribution in [3.63, 3.8) is 0 Å². The molecule has 0 aliphatic carbocycles. The van der Waals surface area contributed by atoms with Crippen LogP contribution in [0.2, 0.25) is 0 Å². The van der Waals surface area contributed by atoms with Crippen LogP contribution in [0.25, 0.3) is 10.4 Å². The molecule has 1 aromatic carbocycles. The molecule has 1 aromatic rings. The number of amides is 1. The van der Waals surface area contributed by atoms with Crippen molar-refractivity contribution in [2.45, 2.75) is 6.42 Å². The molecular weight excluding hydrogens is 291 g/mol. The van der Waals surface area contributed by atoms with Gasteiger partial charge in [0.25, 0.3) is 5.91 Å². The Bertz CT molecular complexity index is 460. The van der Waals surface area contributed by atoms with Crippen LogP contribution in [0, 0.1) is 5.82 Å². The molecule has 0 aliphatic heterocycles. The summed E-state index contributed by atoms with van der Waals surface area (Å²) in [5, 5.41) is 5.94. The van der Waals surface area contributed by atoms with Gasteiger partial charge in [0.1, 0.15) is 5.82 Å². The van der Waals surface area contributed by atoms with E-state index in [0.717, 1.165) is 6.07 Å². The van der Waals surface area contributed by atoms with Crippen LogP contribution in [0.4, 0.5) is 4.39 Å². The average Bonchev–Trinajstić information content (AvgIpc) is 2.32. The minimum absolute atomic E-state index is 0.244. The molecule has 1 rings (SSSR count). The van der Waals surface area contributed by atoms with Gasteiger partial charge in [-0.2, -0.15) is 0 Å². The van der Waals surface area contributed by atoms with Gasteiger partial charge in [0.15, 0.2) is 0 Å². The molecule has 90 valence electrons. The van der Waals surface area contributed by atoms with Crippen LogP contribution >= 0.6 is 15.9 Å². The van der Waals surface area contributed by atoms with Crippen LogP contribution in [0.3, 0.4) is 0 Å². The van der Waals surface area contributed by atoms with Crippen LogP contribution in [-0.4, -0.2) is 19.0 Å². The zero-order chi connectivity index (χ0) is 12.7. The highest BCUT2D eigenvalue weighted by Crippen LogP contribution is 2.17. The first kappa shape index (κ1) is 13.5. The van der Waals surface area contributed by atoms with E-state index < -0.39 is 5.82 Å². The van der Waals surface area contributed by atoms with Gasteiger partial charge in [-0.1, -0.05) is 5.11 Å². The van der Waals surface area contributed by atoms with Crippen molar-refractivity contribution in [2.24, 2.45) is 5.11 Å². The molecule has 0 bridgehead atoms. The molecule has 17 heavy (non-hydrogen) atoms. The topological polar surface area (TPSA) is 77.9 Å². The van der Waals surface area contributed by atoms with E-state index in [-0.39, 0.29) is 11.5 Å². The third kappa shape index (κ3) is 4.42. The highest BCUT2D eigenvalue weighted by molar-refractivity contribution is 9.10. The highest BCUT2D eigenvalue weighted by Gasteiger charge is 2.10. The Balaban J connectivity index is 2.52. The van der Waals surface area contributed by atoms with Crippen LogP contribution in [0.5, 0.6) is 0 Å². The molecule has 0 fully saturated rings. The van der Waals surface area contributed by atoms with Crippen molar-refractivity contribution >= 4 is 21.8 Å². The molecular formula is C10H10BrFN4O. The Morgan fingerprint density at radius 1 is 1.59 bits per heavy atom. The first-order valence-electron chi connectivity index (χ1n) is 4.89. The molecule has 1 N–H and O–H groups in total. The first-order valence-corrected chi connectivity index (χ1v) is 5.68. The summed E-state index contributed by atoms with van der Waals surface area (Å²) in [6.45, 7) is 0.696. The van der Waals surface area contributed by atoms with Crippen molar-refractivity contribution in [3.8, 4) is 0 Å². The molecule has 0 saturated heterocycles. The quantitative estimate of drug-likeness (QED) is 0.386. The molecule has 0 saturated carbocycles. The fourth-order valence-electron chi connectivity index (χ4n) is 1.16. The third-order valence-corrected chi connectivity index (χ3v) is 2.65. The molecule has 1 amide bonds. The molecule has 0 spiro atoms. The summed E-state index contributed by atoms with van der Waals surface area (Å²) in [6, 6.07) is 3.90. The SMILES string of the molecule is [N-]=[N+]=NCCCNC(=O)c1cc(F)ccc1Br. The van der Waals surface area contributed by atoms with E-state index in [0.29, 0.717) is 24.0 Å². The lowest BCUT2D eigenvalue weighted by Crippen LogP contribution is -2.25. The fourth-order valence-corrected chi connectivity index (χ4v) is 1.59. The van der Waals surface area contributed by atoms with E-state index in [2.05, 4.69) is 31.3 Å². The number of benzene rings is 1. The fraction of sp³-hybridized carbons (Fsp3) is 0.300. The summed E-state index contributed by atoms with van der Waals surface area (Å²) in [5.74, 6) is -0.829. The summed E-state index contributed by atoms with van der Waals surface area (Å²) in [5.41, 5.74) is 8.29. The van der Waals surface area contributed by atoms with Crippen LogP contribution in [-0.2, 0) is 0 Å². The van der Waals surface area contributed by atoms with Gasteiger partial charge < -0.3 is 5.32 Å². The van der Waals surface area contributed by atoms with E-state index in [1.165, 1.54) is 12.1 Å². The predicted octanol–water partition coefficient (Wildman–Crippen LogP) is 3.02. The molecule has 5 nitrogen and oxygen atoms in total. The average molecular weight is 301 g/mol. The molecule has 0 unspecified atom stereocenters. The second-order valence-electron chi connectivity index (χ2n) is 3.19. The maximum absolute atomic E-state index is 12.9. The maximum atomic E-state index is 12.9. The molecule has 0 heterocycles.